The van der Waals surface area contributed by atoms with Crippen molar-refractivity contribution in [1.29, 1.82) is 0 Å². The van der Waals surface area contributed by atoms with Gasteiger partial charge in [-0.3, -0.25) is 4.99 Å². The van der Waals surface area contributed by atoms with Crippen molar-refractivity contribution in [3.8, 4) is 5.69 Å². The summed E-state index contributed by atoms with van der Waals surface area (Å²) in [6, 6.07) is 5.17. The molecule has 1 aromatic heterocycles. The monoisotopic (exact) mass is 303 g/mol. The number of rotatable bonds is 6. The third-order valence-corrected chi connectivity index (χ3v) is 3.30. The van der Waals surface area contributed by atoms with Crippen molar-refractivity contribution in [3.05, 3.63) is 48.3 Å². The molecular formula is C16H22FN5. The first-order valence-electron chi connectivity index (χ1n) is 7.46. The molecule has 1 aromatic carbocycles. The zero-order valence-electron chi connectivity index (χ0n) is 13.0. The lowest BCUT2D eigenvalue weighted by Crippen LogP contribution is -2.37. The predicted molar refractivity (Wildman–Crippen MR) is 86.6 cm³/mol. The van der Waals surface area contributed by atoms with Crippen LogP contribution in [-0.4, -0.2) is 29.1 Å². The number of nitrogens with one attached hydrogen (secondary N) is 2. The molecule has 6 heteroatoms. The minimum absolute atomic E-state index is 0.272. The van der Waals surface area contributed by atoms with Crippen molar-refractivity contribution < 1.29 is 4.39 Å². The molecule has 1 heterocycles. The molecular weight excluding hydrogens is 281 g/mol. The highest BCUT2D eigenvalue weighted by Gasteiger charge is 2.06. The summed E-state index contributed by atoms with van der Waals surface area (Å²) in [6.07, 6.45) is 7.15. The zero-order valence-corrected chi connectivity index (χ0v) is 13.0. The summed E-state index contributed by atoms with van der Waals surface area (Å²) < 4.78 is 15.8. The van der Waals surface area contributed by atoms with Crippen LogP contribution in [0.5, 0.6) is 0 Å². The first-order valence-corrected chi connectivity index (χ1v) is 7.46. The van der Waals surface area contributed by atoms with Crippen LogP contribution < -0.4 is 10.6 Å². The molecule has 0 unspecified atom stereocenters. The van der Waals surface area contributed by atoms with Gasteiger partial charge < -0.3 is 15.2 Å². The van der Waals surface area contributed by atoms with Gasteiger partial charge in [-0.05, 0) is 24.1 Å². The minimum Gasteiger partial charge on any atom is -0.356 e. The van der Waals surface area contributed by atoms with Crippen LogP contribution in [0, 0.1) is 5.82 Å². The van der Waals surface area contributed by atoms with E-state index in [0.29, 0.717) is 12.2 Å². The largest absolute Gasteiger partial charge is 0.356 e. The Hall–Kier alpha value is -2.37. The lowest BCUT2D eigenvalue weighted by atomic mass is 10.2. The summed E-state index contributed by atoms with van der Waals surface area (Å²) in [5, 5.41) is 6.40. The lowest BCUT2D eigenvalue weighted by molar-refractivity contribution is 0.614. The summed E-state index contributed by atoms with van der Waals surface area (Å²) in [7, 11) is 1.73. The van der Waals surface area contributed by atoms with Crippen molar-refractivity contribution in [2.75, 3.05) is 13.6 Å². The van der Waals surface area contributed by atoms with E-state index in [1.54, 1.807) is 36.4 Å². The molecule has 5 nitrogen and oxygen atoms in total. The van der Waals surface area contributed by atoms with Crippen LogP contribution in [0.1, 0.15) is 25.3 Å². The number of hydrogen-bond acceptors (Lipinski definition) is 2. The van der Waals surface area contributed by atoms with Crippen molar-refractivity contribution >= 4 is 5.96 Å². The normalized spacial score (nSPS) is 11.5. The van der Waals surface area contributed by atoms with Crippen LogP contribution in [0.25, 0.3) is 5.69 Å². The second-order valence-electron chi connectivity index (χ2n) is 4.96. The molecule has 0 aliphatic rings. The Kier molecular flexibility index (Phi) is 5.94. The van der Waals surface area contributed by atoms with Gasteiger partial charge in [-0.25, -0.2) is 9.37 Å². The molecule has 0 saturated heterocycles. The van der Waals surface area contributed by atoms with Crippen LogP contribution in [0.15, 0.2) is 41.9 Å². The minimum atomic E-state index is -0.272. The van der Waals surface area contributed by atoms with Gasteiger partial charge in [-0.1, -0.05) is 19.4 Å². The Balaban J connectivity index is 1.95. The summed E-state index contributed by atoms with van der Waals surface area (Å²) in [4.78, 5) is 8.07. The van der Waals surface area contributed by atoms with Gasteiger partial charge >= 0.3 is 0 Å². The van der Waals surface area contributed by atoms with Crippen LogP contribution in [0.3, 0.4) is 0 Å². The third-order valence-electron chi connectivity index (χ3n) is 3.30. The predicted octanol–water partition coefficient (Wildman–Crippen LogP) is 2.48. The quantitative estimate of drug-likeness (QED) is 0.490. The maximum atomic E-state index is 14.1. The summed E-state index contributed by atoms with van der Waals surface area (Å²) in [5.74, 6) is 0.457. The first-order chi connectivity index (χ1) is 10.7. The summed E-state index contributed by atoms with van der Waals surface area (Å²) in [5.41, 5.74) is 1.35. The van der Waals surface area contributed by atoms with E-state index in [1.165, 1.54) is 6.07 Å². The molecule has 0 atom stereocenters. The number of halogens is 1. The van der Waals surface area contributed by atoms with Gasteiger partial charge in [0, 0.05) is 32.5 Å². The molecule has 0 radical (unpaired) electrons. The number of guanidine groups is 1. The van der Waals surface area contributed by atoms with Gasteiger partial charge in [-0.15, -0.1) is 0 Å². The Morgan fingerprint density at radius 1 is 1.36 bits per heavy atom. The molecule has 0 aliphatic carbocycles. The van der Waals surface area contributed by atoms with E-state index in [1.807, 2.05) is 6.07 Å². The van der Waals surface area contributed by atoms with E-state index >= 15 is 0 Å². The number of aliphatic imine (C=N–C) groups is 1. The van der Waals surface area contributed by atoms with Gasteiger partial charge in [0.15, 0.2) is 5.96 Å². The summed E-state index contributed by atoms with van der Waals surface area (Å²) >= 11 is 0. The van der Waals surface area contributed by atoms with E-state index < -0.39 is 0 Å². The number of hydrogen-bond donors (Lipinski definition) is 2. The molecule has 118 valence electrons. The van der Waals surface area contributed by atoms with Crippen molar-refractivity contribution in [2.24, 2.45) is 4.99 Å². The fourth-order valence-electron chi connectivity index (χ4n) is 2.06. The summed E-state index contributed by atoms with van der Waals surface area (Å²) in [6.45, 7) is 3.54. The molecule has 0 spiro atoms. The average Bonchev–Trinajstić information content (AvgIpc) is 3.05. The van der Waals surface area contributed by atoms with Gasteiger partial charge in [0.1, 0.15) is 5.82 Å². The lowest BCUT2D eigenvalue weighted by Gasteiger charge is -2.12. The number of imidazole rings is 1. The van der Waals surface area contributed by atoms with Crippen molar-refractivity contribution in [3.63, 3.8) is 0 Å². The van der Waals surface area contributed by atoms with Crippen LogP contribution in [0.2, 0.25) is 0 Å². The average molecular weight is 303 g/mol. The Labute approximate surface area is 130 Å². The maximum absolute atomic E-state index is 14.1. The van der Waals surface area contributed by atoms with E-state index in [0.717, 1.165) is 30.9 Å². The molecule has 0 amide bonds. The van der Waals surface area contributed by atoms with E-state index in [2.05, 4.69) is 27.5 Å². The van der Waals surface area contributed by atoms with E-state index in [-0.39, 0.29) is 5.82 Å². The number of aromatic nitrogens is 2. The van der Waals surface area contributed by atoms with E-state index in [4.69, 9.17) is 0 Å². The number of unbranched alkanes of at least 4 members (excludes halogenated alkanes) is 1. The number of benzene rings is 1. The highest BCUT2D eigenvalue weighted by Crippen LogP contribution is 2.14. The van der Waals surface area contributed by atoms with Crippen molar-refractivity contribution in [1.82, 2.24) is 20.2 Å². The standard InChI is InChI=1S/C16H22FN5/c1-3-4-7-20-16(18-2)21-11-13-5-6-15(14(17)10-13)22-9-8-19-12-22/h5-6,8-10,12H,3-4,7,11H2,1-2H3,(H2,18,20,21). The van der Waals surface area contributed by atoms with Gasteiger partial charge in [0.2, 0.25) is 0 Å². The Morgan fingerprint density at radius 3 is 2.86 bits per heavy atom. The van der Waals surface area contributed by atoms with Crippen LogP contribution >= 0.6 is 0 Å². The molecule has 22 heavy (non-hydrogen) atoms. The van der Waals surface area contributed by atoms with Crippen LogP contribution in [-0.2, 0) is 6.54 Å². The first kappa shape index (κ1) is 16.0. The van der Waals surface area contributed by atoms with Crippen molar-refractivity contribution in [2.45, 2.75) is 26.3 Å². The molecule has 2 rings (SSSR count). The van der Waals surface area contributed by atoms with Gasteiger partial charge in [0.05, 0.1) is 12.0 Å². The highest BCUT2D eigenvalue weighted by atomic mass is 19.1. The van der Waals surface area contributed by atoms with Gasteiger partial charge in [0.25, 0.3) is 0 Å². The smallest absolute Gasteiger partial charge is 0.191 e. The highest BCUT2D eigenvalue weighted by molar-refractivity contribution is 5.79. The zero-order chi connectivity index (χ0) is 15.8. The fourth-order valence-corrected chi connectivity index (χ4v) is 2.06. The Bertz CT molecular complexity index is 607. The molecule has 0 bridgehead atoms. The van der Waals surface area contributed by atoms with Gasteiger partial charge in [-0.2, -0.15) is 0 Å². The third kappa shape index (κ3) is 4.31. The SMILES string of the molecule is CCCCNC(=NC)NCc1ccc(-n2ccnc2)c(F)c1. The van der Waals surface area contributed by atoms with Crippen LogP contribution in [0.4, 0.5) is 4.39 Å². The molecule has 0 fully saturated rings. The number of nitrogens with zero attached hydrogens (tertiary/aromatic N) is 3. The topological polar surface area (TPSA) is 54.2 Å². The second kappa shape index (κ2) is 8.17. The molecule has 0 aliphatic heterocycles. The molecule has 0 saturated carbocycles. The second-order valence-corrected chi connectivity index (χ2v) is 4.96. The fraction of sp³-hybridized carbons (Fsp3) is 0.375. The Morgan fingerprint density at radius 2 is 2.23 bits per heavy atom. The molecule has 2 N–H and O–H groups in total. The van der Waals surface area contributed by atoms with E-state index in [9.17, 15) is 4.39 Å². The molecule has 2 aromatic rings. The maximum Gasteiger partial charge on any atom is 0.191 e.